The summed E-state index contributed by atoms with van der Waals surface area (Å²) in [7, 11) is 0. The van der Waals surface area contributed by atoms with Gasteiger partial charge in [0.15, 0.2) is 0 Å². The number of rotatable bonds is 4. The Balaban J connectivity index is 2.11. The summed E-state index contributed by atoms with van der Waals surface area (Å²) >= 11 is 0. The molecule has 0 amide bonds. The van der Waals surface area contributed by atoms with Gasteiger partial charge in [0.2, 0.25) is 0 Å². The van der Waals surface area contributed by atoms with Crippen molar-refractivity contribution in [1.82, 2.24) is 4.98 Å². The van der Waals surface area contributed by atoms with Crippen LogP contribution in [0.25, 0.3) is 11.0 Å². The van der Waals surface area contributed by atoms with Gasteiger partial charge in [0, 0.05) is 29.3 Å². The van der Waals surface area contributed by atoms with Gasteiger partial charge >= 0.3 is 5.97 Å². The fourth-order valence-corrected chi connectivity index (χ4v) is 2.40. The van der Waals surface area contributed by atoms with Crippen molar-refractivity contribution in [3.8, 4) is 0 Å². The predicted molar refractivity (Wildman–Crippen MR) is 71.1 cm³/mol. The molecule has 2 N–H and O–H groups in total. The molecule has 4 heteroatoms. The zero-order valence-electron chi connectivity index (χ0n) is 10.2. The maximum absolute atomic E-state index is 11.1. The molecule has 0 saturated heterocycles. The average molecular weight is 255 g/mol. The Bertz CT molecular complexity index is 697. The molecule has 3 rings (SSSR count). The summed E-state index contributed by atoms with van der Waals surface area (Å²) in [5.74, 6) is -1.02. The predicted octanol–water partition coefficient (Wildman–Crippen LogP) is 3.37. The van der Waals surface area contributed by atoms with Crippen molar-refractivity contribution in [2.24, 2.45) is 0 Å². The summed E-state index contributed by atoms with van der Waals surface area (Å²) in [6.45, 7) is 0. The van der Waals surface area contributed by atoms with E-state index in [0.717, 1.165) is 22.1 Å². The van der Waals surface area contributed by atoms with Crippen LogP contribution >= 0.6 is 0 Å². The van der Waals surface area contributed by atoms with Crippen LogP contribution in [0.3, 0.4) is 0 Å². The highest BCUT2D eigenvalue weighted by atomic mass is 16.4. The maximum atomic E-state index is 11.1. The Kier molecular flexibility index (Phi) is 2.83. The molecule has 0 saturated carbocycles. The Morgan fingerprint density at radius 3 is 2.89 bits per heavy atom. The Morgan fingerprint density at radius 1 is 1.32 bits per heavy atom. The Hall–Kier alpha value is -2.49. The van der Waals surface area contributed by atoms with Crippen LogP contribution in [-0.4, -0.2) is 16.1 Å². The third-order valence-electron chi connectivity index (χ3n) is 3.29. The Labute approximate surface area is 109 Å². The summed E-state index contributed by atoms with van der Waals surface area (Å²) in [4.78, 5) is 14.1. The van der Waals surface area contributed by atoms with Crippen molar-refractivity contribution in [3.05, 3.63) is 60.1 Å². The summed E-state index contributed by atoms with van der Waals surface area (Å²) in [6, 6.07) is 9.56. The minimum Gasteiger partial charge on any atom is -0.481 e. The number of carbonyl (C=O) groups is 1. The lowest BCUT2D eigenvalue weighted by atomic mass is 9.90. The topological polar surface area (TPSA) is 66.2 Å². The van der Waals surface area contributed by atoms with E-state index in [2.05, 4.69) is 4.98 Å². The first-order chi connectivity index (χ1) is 9.25. The van der Waals surface area contributed by atoms with Gasteiger partial charge in [0.05, 0.1) is 12.7 Å². The van der Waals surface area contributed by atoms with Gasteiger partial charge in [-0.3, -0.25) is 4.79 Å². The molecule has 0 bridgehead atoms. The molecule has 3 aromatic rings. The van der Waals surface area contributed by atoms with E-state index in [-0.39, 0.29) is 12.3 Å². The van der Waals surface area contributed by atoms with Gasteiger partial charge in [-0.25, -0.2) is 0 Å². The minimum atomic E-state index is -0.823. The number of nitrogens with one attached hydrogen (secondary N) is 1. The number of carboxylic acids is 1. The lowest BCUT2D eigenvalue weighted by Gasteiger charge is -2.12. The zero-order valence-corrected chi connectivity index (χ0v) is 10.2. The van der Waals surface area contributed by atoms with E-state index in [1.165, 1.54) is 0 Å². The zero-order chi connectivity index (χ0) is 13.2. The van der Waals surface area contributed by atoms with Crippen LogP contribution in [0.2, 0.25) is 0 Å². The number of aliphatic carboxylic acids is 1. The molecule has 0 fully saturated rings. The molecular formula is C15H13NO3. The van der Waals surface area contributed by atoms with Crippen molar-refractivity contribution in [2.45, 2.75) is 12.3 Å². The highest BCUT2D eigenvalue weighted by molar-refractivity contribution is 5.83. The fourth-order valence-electron chi connectivity index (χ4n) is 2.40. The molecule has 0 radical (unpaired) electrons. The SMILES string of the molecule is O=C(O)CC(c1cc[nH]c1)c1coc2ccccc12. The number of aromatic amines is 1. The molecule has 1 atom stereocenters. The monoisotopic (exact) mass is 255 g/mol. The summed E-state index contributed by atoms with van der Waals surface area (Å²) in [5.41, 5.74) is 2.65. The average Bonchev–Trinajstić information content (AvgIpc) is 3.05. The van der Waals surface area contributed by atoms with Gasteiger partial charge in [-0.2, -0.15) is 0 Å². The lowest BCUT2D eigenvalue weighted by Crippen LogP contribution is -2.06. The van der Waals surface area contributed by atoms with Crippen LogP contribution < -0.4 is 0 Å². The second-order valence-electron chi connectivity index (χ2n) is 4.48. The molecule has 0 aliphatic heterocycles. The van der Waals surface area contributed by atoms with Gasteiger partial charge in [0.1, 0.15) is 5.58 Å². The first kappa shape index (κ1) is 11.6. The molecule has 1 aromatic carbocycles. The van der Waals surface area contributed by atoms with Crippen LogP contribution in [0, 0.1) is 0 Å². The Morgan fingerprint density at radius 2 is 2.16 bits per heavy atom. The molecule has 0 spiro atoms. The largest absolute Gasteiger partial charge is 0.481 e. The van der Waals surface area contributed by atoms with Crippen LogP contribution in [0.1, 0.15) is 23.5 Å². The van der Waals surface area contributed by atoms with Gasteiger partial charge < -0.3 is 14.5 Å². The van der Waals surface area contributed by atoms with Crippen molar-refractivity contribution < 1.29 is 14.3 Å². The van der Waals surface area contributed by atoms with Gasteiger partial charge in [-0.05, 0) is 17.7 Å². The molecular weight excluding hydrogens is 242 g/mol. The molecule has 0 aliphatic rings. The summed E-state index contributed by atoms with van der Waals surface area (Å²) in [6.07, 6.45) is 5.33. The standard InChI is InChI=1S/C15H13NO3/c17-15(18)7-12(10-5-6-16-8-10)13-9-19-14-4-2-1-3-11(13)14/h1-6,8-9,12,16H,7H2,(H,17,18). The van der Waals surface area contributed by atoms with Crippen LogP contribution in [0.5, 0.6) is 0 Å². The quantitative estimate of drug-likeness (QED) is 0.751. The number of aromatic nitrogens is 1. The fraction of sp³-hybridized carbons (Fsp3) is 0.133. The van der Waals surface area contributed by atoms with E-state index in [0.29, 0.717) is 0 Å². The van der Waals surface area contributed by atoms with E-state index >= 15 is 0 Å². The summed E-state index contributed by atoms with van der Waals surface area (Å²) in [5, 5.41) is 10.1. The van der Waals surface area contributed by atoms with Gasteiger partial charge in [0.25, 0.3) is 0 Å². The highest BCUT2D eigenvalue weighted by Gasteiger charge is 2.22. The normalized spacial score (nSPS) is 12.6. The third-order valence-corrected chi connectivity index (χ3v) is 3.29. The molecule has 0 aliphatic carbocycles. The van der Waals surface area contributed by atoms with E-state index in [9.17, 15) is 4.79 Å². The number of para-hydroxylation sites is 1. The molecule has 4 nitrogen and oxygen atoms in total. The minimum absolute atomic E-state index is 0.0430. The van der Waals surface area contributed by atoms with Crippen LogP contribution in [-0.2, 0) is 4.79 Å². The molecule has 19 heavy (non-hydrogen) atoms. The number of furan rings is 1. The number of benzene rings is 1. The first-order valence-electron chi connectivity index (χ1n) is 6.06. The van der Waals surface area contributed by atoms with E-state index in [4.69, 9.17) is 9.52 Å². The van der Waals surface area contributed by atoms with Crippen molar-refractivity contribution >= 4 is 16.9 Å². The van der Waals surface area contributed by atoms with Gasteiger partial charge in [-0.15, -0.1) is 0 Å². The van der Waals surface area contributed by atoms with Crippen molar-refractivity contribution in [2.75, 3.05) is 0 Å². The number of carboxylic acid groups (broad SMARTS) is 1. The van der Waals surface area contributed by atoms with E-state index in [1.807, 2.05) is 36.5 Å². The summed E-state index contributed by atoms with van der Waals surface area (Å²) < 4.78 is 5.51. The van der Waals surface area contributed by atoms with Crippen LogP contribution in [0.4, 0.5) is 0 Å². The number of hydrogen-bond donors (Lipinski definition) is 2. The molecule has 1 unspecified atom stereocenters. The number of fused-ring (bicyclic) bond motifs is 1. The van der Waals surface area contributed by atoms with E-state index < -0.39 is 5.97 Å². The number of hydrogen-bond acceptors (Lipinski definition) is 2. The third kappa shape index (κ3) is 2.12. The maximum Gasteiger partial charge on any atom is 0.304 e. The second kappa shape index (κ2) is 4.65. The molecule has 2 heterocycles. The van der Waals surface area contributed by atoms with E-state index in [1.54, 1.807) is 12.5 Å². The smallest absolute Gasteiger partial charge is 0.304 e. The second-order valence-corrected chi connectivity index (χ2v) is 4.48. The lowest BCUT2D eigenvalue weighted by molar-refractivity contribution is -0.137. The first-order valence-corrected chi connectivity index (χ1v) is 6.06. The van der Waals surface area contributed by atoms with Crippen LogP contribution in [0.15, 0.2) is 53.4 Å². The van der Waals surface area contributed by atoms with Gasteiger partial charge in [-0.1, -0.05) is 18.2 Å². The molecule has 2 aromatic heterocycles. The van der Waals surface area contributed by atoms with Crippen molar-refractivity contribution in [3.63, 3.8) is 0 Å². The number of H-pyrrole nitrogens is 1. The van der Waals surface area contributed by atoms with Crippen molar-refractivity contribution in [1.29, 1.82) is 0 Å². The highest BCUT2D eigenvalue weighted by Crippen LogP contribution is 2.34. The molecule has 96 valence electrons.